The van der Waals surface area contributed by atoms with Crippen LogP contribution in [0.25, 0.3) is 0 Å². The largest absolute Gasteiger partial charge is 0.382 e. The summed E-state index contributed by atoms with van der Waals surface area (Å²) in [6.45, 7) is 5.68. The second-order valence-corrected chi connectivity index (χ2v) is 5.29. The van der Waals surface area contributed by atoms with E-state index in [9.17, 15) is 8.42 Å². The summed E-state index contributed by atoms with van der Waals surface area (Å²) in [4.78, 5) is 0.107. The van der Waals surface area contributed by atoms with Crippen LogP contribution in [-0.4, -0.2) is 31.9 Å². The van der Waals surface area contributed by atoms with E-state index in [4.69, 9.17) is 9.88 Å². The highest BCUT2D eigenvalue weighted by Gasteiger charge is 2.22. The monoisotopic (exact) mass is 247 g/mol. The first-order valence-corrected chi connectivity index (χ1v) is 6.41. The van der Waals surface area contributed by atoms with E-state index < -0.39 is 10.0 Å². The Labute approximate surface area is 95.4 Å². The molecule has 0 aliphatic carbocycles. The number of aromatic nitrogens is 2. The van der Waals surface area contributed by atoms with Crippen molar-refractivity contribution in [2.75, 3.05) is 13.7 Å². The predicted molar refractivity (Wildman–Crippen MR) is 59.7 cm³/mol. The van der Waals surface area contributed by atoms with Crippen LogP contribution in [-0.2, 0) is 14.8 Å². The zero-order chi connectivity index (χ0) is 12.5. The van der Waals surface area contributed by atoms with Crippen LogP contribution in [0.1, 0.15) is 24.4 Å². The smallest absolute Gasteiger partial charge is 0.241 e. The molecule has 0 bridgehead atoms. The van der Waals surface area contributed by atoms with Gasteiger partial charge in [0.25, 0.3) is 0 Å². The van der Waals surface area contributed by atoms with Crippen LogP contribution in [0.2, 0.25) is 0 Å². The number of ether oxygens (including phenoxy) is 1. The van der Waals surface area contributed by atoms with Crippen LogP contribution >= 0.6 is 0 Å². The van der Waals surface area contributed by atoms with E-state index in [1.807, 2.05) is 6.92 Å². The maximum Gasteiger partial charge on any atom is 0.241 e. The van der Waals surface area contributed by atoms with Gasteiger partial charge in [0.1, 0.15) is 4.90 Å². The second-order valence-electron chi connectivity index (χ2n) is 3.79. The quantitative estimate of drug-likeness (QED) is 0.832. The summed E-state index contributed by atoms with van der Waals surface area (Å²) in [6, 6.07) is -0.0285. The molecule has 1 rings (SSSR count). The van der Waals surface area contributed by atoms with Gasteiger partial charge in [0.2, 0.25) is 10.0 Å². The van der Waals surface area contributed by atoms with Crippen LogP contribution in [0.3, 0.4) is 0 Å². The van der Waals surface area contributed by atoms with Crippen molar-refractivity contribution >= 4 is 10.0 Å². The molecule has 1 unspecified atom stereocenters. The highest BCUT2D eigenvalue weighted by molar-refractivity contribution is 7.89. The Morgan fingerprint density at radius 3 is 2.44 bits per heavy atom. The number of aryl methyl sites for hydroxylation is 1. The maximum absolute atomic E-state index is 11.4. The molecule has 1 aromatic heterocycles. The van der Waals surface area contributed by atoms with E-state index >= 15 is 0 Å². The summed E-state index contributed by atoms with van der Waals surface area (Å²) in [5.74, 6) is 0. The fraction of sp³-hybridized carbons (Fsp3) is 0.667. The van der Waals surface area contributed by atoms with E-state index in [0.717, 1.165) is 0 Å². The van der Waals surface area contributed by atoms with E-state index in [0.29, 0.717) is 18.0 Å². The van der Waals surface area contributed by atoms with Crippen molar-refractivity contribution in [3.8, 4) is 0 Å². The third-order valence-electron chi connectivity index (χ3n) is 2.37. The molecular formula is C9H17N3O3S. The van der Waals surface area contributed by atoms with Gasteiger partial charge in [0, 0.05) is 7.11 Å². The number of sulfonamides is 1. The van der Waals surface area contributed by atoms with Crippen molar-refractivity contribution in [3.63, 3.8) is 0 Å². The van der Waals surface area contributed by atoms with Crippen molar-refractivity contribution < 1.29 is 13.2 Å². The standard InChI is InChI=1S/C9H17N3O3S/c1-6(5-15-4)12-8(3)9(7(2)11-12)16(10,13)14/h6H,5H2,1-4H3,(H2,10,13,14). The van der Waals surface area contributed by atoms with Crippen LogP contribution in [0.4, 0.5) is 0 Å². The lowest BCUT2D eigenvalue weighted by molar-refractivity contribution is 0.155. The fourth-order valence-electron chi connectivity index (χ4n) is 1.80. The van der Waals surface area contributed by atoms with E-state index in [-0.39, 0.29) is 10.9 Å². The molecule has 0 saturated carbocycles. The first kappa shape index (κ1) is 13.1. The van der Waals surface area contributed by atoms with Gasteiger partial charge < -0.3 is 4.74 Å². The number of methoxy groups -OCH3 is 1. The molecule has 0 aromatic carbocycles. The number of rotatable bonds is 4. The predicted octanol–water partition coefficient (Wildman–Crippen LogP) is 0.355. The molecule has 0 amide bonds. The molecule has 7 heteroatoms. The average Bonchev–Trinajstić information content (AvgIpc) is 2.41. The van der Waals surface area contributed by atoms with Crippen LogP contribution in [0.15, 0.2) is 4.90 Å². The van der Waals surface area contributed by atoms with Gasteiger partial charge >= 0.3 is 0 Å². The number of primary sulfonamides is 1. The highest BCUT2D eigenvalue weighted by Crippen LogP contribution is 2.20. The Morgan fingerprint density at radius 1 is 1.50 bits per heavy atom. The lowest BCUT2D eigenvalue weighted by Crippen LogP contribution is -2.16. The Morgan fingerprint density at radius 2 is 2.06 bits per heavy atom. The molecule has 92 valence electrons. The van der Waals surface area contributed by atoms with Gasteiger partial charge in [0.15, 0.2) is 0 Å². The van der Waals surface area contributed by atoms with Crippen molar-refractivity contribution in [3.05, 3.63) is 11.4 Å². The minimum Gasteiger partial charge on any atom is -0.382 e. The molecule has 16 heavy (non-hydrogen) atoms. The van der Waals surface area contributed by atoms with E-state index in [1.165, 1.54) is 0 Å². The molecule has 0 radical (unpaired) electrons. The van der Waals surface area contributed by atoms with Gasteiger partial charge in [0.05, 0.1) is 24.0 Å². The highest BCUT2D eigenvalue weighted by atomic mass is 32.2. The average molecular weight is 247 g/mol. The molecule has 0 fully saturated rings. The number of nitrogens with two attached hydrogens (primary N) is 1. The molecule has 0 saturated heterocycles. The van der Waals surface area contributed by atoms with Gasteiger partial charge in [-0.05, 0) is 20.8 Å². The first-order chi connectivity index (χ1) is 7.29. The minimum absolute atomic E-state index is 0.0285. The molecular weight excluding hydrogens is 230 g/mol. The Balaban J connectivity index is 3.27. The molecule has 1 aromatic rings. The molecule has 6 nitrogen and oxygen atoms in total. The Bertz CT molecular complexity index is 478. The number of hydrogen-bond acceptors (Lipinski definition) is 4. The summed E-state index contributed by atoms with van der Waals surface area (Å²) in [5, 5.41) is 9.31. The van der Waals surface area contributed by atoms with Crippen molar-refractivity contribution in [2.45, 2.75) is 31.7 Å². The van der Waals surface area contributed by atoms with Crippen LogP contribution < -0.4 is 5.14 Å². The Kier molecular flexibility index (Phi) is 3.72. The molecule has 0 spiro atoms. The summed E-state index contributed by atoms with van der Waals surface area (Å²) in [5.41, 5.74) is 0.965. The lowest BCUT2D eigenvalue weighted by Gasteiger charge is -2.12. The molecule has 1 atom stereocenters. The van der Waals surface area contributed by atoms with Crippen molar-refractivity contribution in [1.29, 1.82) is 0 Å². The molecule has 1 heterocycles. The zero-order valence-electron chi connectivity index (χ0n) is 9.89. The van der Waals surface area contributed by atoms with Crippen LogP contribution in [0.5, 0.6) is 0 Å². The topological polar surface area (TPSA) is 87.2 Å². The second kappa shape index (κ2) is 4.52. The summed E-state index contributed by atoms with van der Waals surface area (Å²) >= 11 is 0. The summed E-state index contributed by atoms with van der Waals surface area (Å²) in [6.07, 6.45) is 0. The fourth-order valence-corrected chi connectivity index (χ4v) is 2.76. The van der Waals surface area contributed by atoms with Crippen molar-refractivity contribution in [2.24, 2.45) is 5.14 Å². The normalized spacial score (nSPS) is 14.1. The Hall–Kier alpha value is -0.920. The third kappa shape index (κ3) is 2.42. The minimum atomic E-state index is -3.72. The van der Waals surface area contributed by atoms with E-state index in [2.05, 4.69) is 5.10 Å². The summed E-state index contributed by atoms with van der Waals surface area (Å²) in [7, 11) is -2.13. The van der Waals surface area contributed by atoms with Gasteiger partial charge in [-0.2, -0.15) is 5.10 Å². The van der Waals surface area contributed by atoms with Gasteiger partial charge in [-0.1, -0.05) is 0 Å². The van der Waals surface area contributed by atoms with Gasteiger partial charge in [-0.15, -0.1) is 0 Å². The molecule has 0 aliphatic heterocycles. The molecule has 0 aliphatic rings. The van der Waals surface area contributed by atoms with Gasteiger partial charge in [-0.3, -0.25) is 4.68 Å². The SMILES string of the molecule is COCC(C)n1nc(C)c(S(N)(=O)=O)c1C. The maximum atomic E-state index is 11.4. The van der Waals surface area contributed by atoms with E-state index in [1.54, 1.807) is 25.6 Å². The third-order valence-corrected chi connectivity index (χ3v) is 3.53. The number of nitrogens with zero attached hydrogens (tertiary/aromatic N) is 2. The zero-order valence-corrected chi connectivity index (χ0v) is 10.7. The van der Waals surface area contributed by atoms with Crippen LogP contribution in [0, 0.1) is 13.8 Å². The van der Waals surface area contributed by atoms with Crippen molar-refractivity contribution in [1.82, 2.24) is 9.78 Å². The van der Waals surface area contributed by atoms with Gasteiger partial charge in [-0.25, -0.2) is 13.6 Å². The molecule has 2 N–H and O–H groups in total. The number of hydrogen-bond donors (Lipinski definition) is 1. The first-order valence-electron chi connectivity index (χ1n) is 4.86. The summed E-state index contributed by atoms with van der Waals surface area (Å²) < 4.78 is 29.4. The lowest BCUT2D eigenvalue weighted by atomic mass is 10.3.